The molecule has 0 spiro atoms. The molecule has 0 amide bonds. The zero-order chi connectivity index (χ0) is 15.6. The summed E-state index contributed by atoms with van der Waals surface area (Å²) in [5, 5.41) is 10.2. The number of fused-ring (bicyclic) bond motifs is 2. The summed E-state index contributed by atoms with van der Waals surface area (Å²) in [5.74, 6) is 0. The SMILES string of the molecule is N#C/C(=C\c1cnc2ccccc2n1)c1nc2ccccc2s1. The van der Waals surface area contributed by atoms with E-state index in [1.807, 2.05) is 48.5 Å². The minimum absolute atomic E-state index is 0.496. The fourth-order valence-corrected chi connectivity index (χ4v) is 3.25. The molecule has 2 heterocycles. The van der Waals surface area contributed by atoms with Gasteiger partial charge in [0.2, 0.25) is 0 Å². The average Bonchev–Trinajstić information content (AvgIpc) is 3.03. The van der Waals surface area contributed by atoms with Crippen LogP contribution in [0.4, 0.5) is 0 Å². The number of hydrogen-bond donors (Lipinski definition) is 0. The predicted octanol–water partition coefficient (Wildman–Crippen LogP) is 4.30. The van der Waals surface area contributed by atoms with Gasteiger partial charge < -0.3 is 0 Å². The molecule has 0 aliphatic carbocycles. The maximum Gasteiger partial charge on any atom is 0.135 e. The second kappa shape index (κ2) is 5.59. The van der Waals surface area contributed by atoms with Crippen molar-refractivity contribution in [2.24, 2.45) is 0 Å². The van der Waals surface area contributed by atoms with Crippen molar-refractivity contribution in [3.05, 3.63) is 65.4 Å². The average molecular weight is 314 g/mol. The van der Waals surface area contributed by atoms with E-state index in [-0.39, 0.29) is 0 Å². The molecule has 0 aliphatic heterocycles. The molecule has 108 valence electrons. The molecule has 2 aromatic carbocycles. The molecule has 23 heavy (non-hydrogen) atoms. The first kappa shape index (κ1) is 13.6. The maximum atomic E-state index is 9.48. The number of nitrogens with zero attached hydrogens (tertiary/aromatic N) is 4. The number of rotatable bonds is 2. The second-order valence-electron chi connectivity index (χ2n) is 4.94. The van der Waals surface area contributed by atoms with E-state index in [0.29, 0.717) is 16.3 Å². The highest BCUT2D eigenvalue weighted by Gasteiger charge is 2.09. The molecular formula is C18H10N4S. The molecule has 0 radical (unpaired) electrons. The van der Waals surface area contributed by atoms with Gasteiger partial charge in [0.05, 0.1) is 38.7 Å². The molecule has 4 aromatic rings. The van der Waals surface area contributed by atoms with Gasteiger partial charge in [-0.15, -0.1) is 11.3 Å². The zero-order valence-corrected chi connectivity index (χ0v) is 12.8. The number of hydrogen-bond acceptors (Lipinski definition) is 5. The van der Waals surface area contributed by atoms with Gasteiger partial charge in [-0.3, -0.25) is 4.98 Å². The Bertz CT molecular complexity index is 1060. The first-order chi connectivity index (χ1) is 11.3. The first-order valence-electron chi connectivity index (χ1n) is 7.03. The Balaban J connectivity index is 1.81. The van der Waals surface area contributed by atoms with Gasteiger partial charge in [0.1, 0.15) is 11.1 Å². The van der Waals surface area contributed by atoms with E-state index in [4.69, 9.17) is 0 Å². The number of allylic oxidation sites excluding steroid dienone is 1. The molecule has 4 rings (SSSR count). The maximum absolute atomic E-state index is 9.48. The van der Waals surface area contributed by atoms with Crippen molar-refractivity contribution in [2.75, 3.05) is 0 Å². The number of aromatic nitrogens is 3. The predicted molar refractivity (Wildman–Crippen MR) is 92.6 cm³/mol. The minimum Gasteiger partial charge on any atom is -0.252 e. The third kappa shape index (κ3) is 2.56. The van der Waals surface area contributed by atoms with Crippen molar-refractivity contribution >= 4 is 44.2 Å². The van der Waals surface area contributed by atoms with Crippen LogP contribution in [0.1, 0.15) is 10.7 Å². The Labute approximate surface area is 136 Å². The van der Waals surface area contributed by atoms with Crippen LogP contribution < -0.4 is 0 Å². The fraction of sp³-hybridized carbons (Fsp3) is 0. The summed E-state index contributed by atoms with van der Waals surface area (Å²) in [6, 6.07) is 17.7. The molecule has 4 nitrogen and oxygen atoms in total. The van der Waals surface area contributed by atoms with Crippen molar-refractivity contribution in [1.29, 1.82) is 5.26 Å². The molecule has 0 atom stereocenters. The third-order valence-electron chi connectivity index (χ3n) is 3.40. The lowest BCUT2D eigenvalue weighted by Crippen LogP contribution is -1.88. The van der Waals surface area contributed by atoms with E-state index in [1.165, 1.54) is 11.3 Å². The summed E-state index contributed by atoms with van der Waals surface area (Å²) >= 11 is 1.50. The van der Waals surface area contributed by atoms with Crippen LogP contribution in [0, 0.1) is 11.3 Å². The quantitative estimate of drug-likeness (QED) is 0.517. The Morgan fingerprint density at radius 2 is 1.70 bits per heavy atom. The van der Waals surface area contributed by atoms with Crippen LogP contribution in [0.5, 0.6) is 0 Å². The summed E-state index contributed by atoms with van der Waals surface area (Å²) in [6.07, 6.45) is 3.41. The Hall–Kier alpha value is -3.10. The summed E-state index contributed by atoms with van der Waals surface area (Å²) in [6.45, 7) is 0. The van der Waals surface area contributed by atoms with Crippen LogP contribution in [0.2, 0.25) is 0 Å². The smallest absolute Gasteiger partial charge is 0.135 e. The molecular weight excluding hydrogens is 304 g/mol. The topological polar surface area (TPSA) is 62.5 Å². The molecule has 0 bridgehead atoms. The van der Waals surface area contributed by atoms with E-state index in [2.05, 4.69) is 21.0 Å². The van der Waals surface area contributed by atoms with E-state index >= 15 is 0 Å². The lowest BCUT2D eigenvalue weighted by Gasteiger charge is -1.98. The molecule has 0 fully saturated rings. The van der Waals surface area contributed by atoms with Crippen molar-refractivity contribution < 1.29 is 0 Å². The highest BCUT2D eigenvalue weighted by Crippen LogP contribution is 2.27. The summed E-state index contributed by atoms with van der Waals surface area (Å²) in [7, 11) is 0. The Morgan fingerprint density at radius 1 is 0.957 bits per heavy atom. The van der Waals surface area contributed by atoms with Crippen LogP contribution in [0.15, 0.2) is 54.7 Å². The molecule has 5 heteroatoms. The highest BCUT2D eigenvalue weighted by molar-refractivity contribution is 7.19. The van der Waals surface area contributed by atoms with E-state index in [1.54, 1.807) is 12.3 Å². The minimum atomic E-state index is 0.496. The van der Waals surface area contributed by atoms with Gasteiger partial charge in [0.25, 0.3) is 0 Å². The van der Waals surface area contributed by atoms with Crippen LogP contribution in [0.25, 0.3) is 32.9 Å². The molecule has 2 aromatic heterocycles. The molecule has 0 unspecified atom stereocenters. The lowest BCUT2D eigenvalue weighted by atomic mass is 10.2. The van der Waals surface area contributed by atoms with Gasteiger partial charge in [-0.25, -0.2) is 9.97 Å². The van der Waals surface area contributed by atoms with Crippen LogP contribution in [-0.2, 0) is 0 Å². The fourth-order valence-electron chi connectivity index (χ4n) is 2.32. The zero-order valence-electron chi connectivity index (χ0n) is 12.0. The highest BCUT2D eigenvalue weighted by atomic mass is 32.1. The third-order valence-corrected chi connectivity index (χ3v) is 4.47. The van der Waals surface area contributed by atoms with Gasteiger partial charge in [0, 0.05) is 0 Å². The Morgan fingerprint density at radius 3 is 2.48 bits per heavy atom. The molecule has 0 saturated heterocycles. The van der Waals surface area contributed by atoms with E-state index < -0.39 is 0 Å². The summed E-state index contributed by atoms with van der Waals surface area (Å²) < 4.78 is 1.06. The van der Waals surface area contributed by atoms with Crippen molar-refractivity contribution in [3.8, 4) is 6.07 Å². The number of thiazole rings is 1. The summed E-state index contributed by atoms with van der Waals surface area (Å²) in [5.41, 5.74) is 3.69. The van der Waals surface area contributed by atoms with Crippen molar-refractivity contribution in [1.82, 2.24) is 15.0 Å². The Kier molecular flexibility index (Phi) is 3.30. The lowest BCUT2D eigenvalue weighted by molar-refractivity contribution is 1.27. The molecule has 0 saturated carbocycles. The largest absolute Gasteiger partial charge is 0.252 e. The van der Waals surface area contributed by atoms with E-state index in [9.17, 15) is 5.26 Å². The van der Waals surface area contributed by atoms with Gasteiger partial charge >= 0.3 is 0 Å². The van der Waals surface area contributed by atoms with Crippen molar-refractivity contribution in [2.45, 2.75) is 0 Å². The van der Waals surface area contributed by atoms with Crippen molar-refractivity contribution in [3.63, 3.8) is 0 Å². The standard InChI is InChI=1S/C18H10N4S/c19-10-12(18-22-16-7-3-4-8-17(16)23-18)9-13-11-20-14-5-1-2-6-15(14)21-13/h1-9,11H/b12-9+. The van der Waals surface area contributed by atoms with Crippen LogP contribution in [0.3, 0.4) is 0 Å². The van der Waals surface area contributed by atoms with Crippen LogP contribution in [-0.4, -0.2) is 15.0 Å². The monoisotopic (exact) mass is 314 g/mol. The summed E-state index contributed by atoms with van der Waals surface area (Å²) in [4.78, 5) is 13.4. The molecule has 0 N–H and O–H groups in total. The van der Waals surface area contributed by atoms with Gasteiger partial charge in [-0.1, -0.05) is 24.3 Å². The molecule has 0 aliphatic rings. The first-order valence-corrected chi connectivity index (χ1v) is 7.85. The number of nitriles is 1. The number of benzene rings is 2. The second-order valence-corrected chi connectivity index (χ2v) is 5.97. The van der Waals surface area contributed by atoms with E-state index in [0.717, 1.165) is 21.3 Å². The van der Waals surface area contributed by atoms with Gasteiger partial charge in [-0.2, -0.15) is 5.26 Å². The van der Waals surface area contributed by atoms with Gasteiger partial charge in [-0.05, 0) is 30.3 Å². The number of para-hydroxylation sites is 3. The normalized spacial score (nSPS) is 11.7. The van der Waals surface area contributed by atoms with Gasteiger partial charge in [0.15, 0.2) is 0 Å². The van der Waals surface area contributed by atoms with Crippen LogP contribution >= 0.6 is 11.3 Å².